The van der Waals surface area contributed by atoms with E-state index < -0.39 is 0 Å². The minimum atomic E-state index is 0.706. The Hall–Kier alpha value is -2.26. The zero-order valence-electron chi connectivity index (χ0n) is 10.4. The van der Waals surface area contributed by atoms with E-state index in [0.717, 1.165) is 0 Å². The topological polar surface area (TPSA) is 0 Å². The zero-order chi connectivity index (χ0) is 12.5. The van der Waals surface area contributed by atoms with Crippen LogP contribution in [0.1, 0.15) is 24.5 Å². The molecule has 0 nitrogen and oxygen atoms in total. The number of rotatable bonds is 1. The molecule has 0 unspecified atom stereocenters. The van der Waals surface area contributed by atoms with Crippen LogP contribution in [0, 0.1) is 12.3 Å². The molecule has 0 fully saturated rings. The van der Waals surface area contributed by atoms with Crippen molar-refractivity contribution < 1.29 is 0 Å². The van der Waals surface area contributed by atoms with Crippen LogP contribution in [0.2, 0.25) is 0 Å². The van der Waals surface area contributed by atoms with Crippen molar-refractivity contribution in [2.24, 2.45) is 0 Å². The molecule has 2 aromatic carbocycles. The second kappa shape index (κ2) is 4.20. The van der Waals surface area contributed by atoms with Crippen LogP contribution in [0.3, 0.4) is 0 Å². The first-order valence-electron chi connectivity index (χ1n) is 6.15. The molecule has 0 atom stereocenters. The van der Waals surface area contributed by atoms with Gasteiger partial charge in [0.25, 0.3) is 0 Å². The molecule has 2 aromatic rings. The molecular formula is C18H14. The first kappa shape index (κ1) is 10.9. The predicted molar refractivity (Wildman–Crippen MR) is 77.0 cm³/mol. The molecule has 0 heterocycles. The molecule has 18 heavy (non-hydrogen) atoms. The summed E-state index contributed by atoms with van der Waals surface area (Å²) in [5.74, 6) is 2.75. The first-order chi connectivity index (χ1) is 8.83. The Morgan fingerprint density at radius 1 is 0.889 bits per heavy atom. The minimum absolute atomic E-state index is 0.706. The van der Waals surface area contributed by atoms with Gasteiger partial charge in [-0.3, -0.25) is 0 Å². The monoisotopic (exact) mass is 230 g/mol. The third-order valence-electron chi connectivity index (χ3n) is 3.48. The predicted octanol–water partition coefficient (Wildman–Crippen LogP) is 4.51. The average molecular weight is 230 g/mol. The second-order valence-corrected chi connectivity index (χ2v) is 4.63. The molecule has 0 radical (unpaired) electrons. The van der Waals surface area contributed by atoms with Gasteiger partial charge in [-0.05, 0) is 34.8 Å². The van der Waals surface area contributed by atoms with Crippen molar-refractivity contribution in [3.05, 3.63) is 65.2 Å². The van der Waals surface area contributed by atoms with E-state index in [1.54, 1.807) is 0 Å². The number of fused-ring (bicyclic) bond motifs is 3. The van der Waals surface area contributed by atoms with Crippen molar-refractivity contribution >= 4 is 5.57 Å². The molecule has 0 saturated carbocycles. The van der Waals surface area contributed by atoms with Crippen molar-refractivity contribution in [1.29, 1.82) is 0 Å². The summed E-state index contributed by atoms with van der Waals surface area (Å²) in [6.45, 7) is 2.13. The lowest BCUT2D eigenvalue weighted by atomic mass is 9.97. The Labute approximate surface area is 108 Å². The molecule has 0 aromatic heterocycles. The van der Waals surface area contributed by atoms with Crippen LogP contribution in [0.4, 0.5) is 0 Å². The molecule has 1 aliphatic carbocycles. The summed E-state index contributed by atoms with van der Waals surface area (Å²) < 4.78 is 0. The number of terminal acetylenes is 1. The van der Waals surface area contributed by atoms with Gasteiger partial charge < -0.3 is 0 Å². The van der Waals surface area contributed by atoms with Gasteiger partial charge in [-0.1, -0.05) is 54.1 Å². The number of benzene rings is 2. The van der Waals surface area contributed by atoms with Gasteiger partial charge in [0.05, 0.1) is 0 Å². The van der Waals surface area contributed by atoms with E-state index in [4.69, 9.17) is 6.42 Å². The highest BCUT2D eigenvalue weighted by Gasteiger charge is 2.23. The summed E-state index contributed by atoms with van der Waals surface area (Å²) in [7, 11) is 0. The quantitative estimate of drug-likeness (QED) is 0.539. The molecule has 86 valence electrons. The molecule has 0 amide bonds. The van der Waals surface area contributed by atoms with E-state index in [-0.39, 0.29) is 0 Å². The van der Waals surface area contributed by atoms with E-state index in [1.165, 1.54) is 33.4 Å². The molecule has 3 rings (SSSR count). The summed E-state index contributed by atoms with van der Waals surface area (Å²) in [4.78, 5) is 0. The smallest absolute Gasteiger partial charge is 0.0303 e. The van der Waals surface area contributed by atoms with Crippen LogP contribution < -0.4 is 0 Å². The summed E-state index contributed by atoms with van der Waals surface area (Å²) in [6.07, 6.45) is 6.16. The average Bonchev–Trinajstić information content (AvgIpc) is 2.73. The number of hydrogen-bond donors (Lipinski definition) is 0. The molecule has 0 N–H and O–H groups in total. The van der Waals surface area contributed by atoms with E-state index in [1.807, 2.05) is 0 Å². The molecule has 0 heteroatoms. The van der Waals surface area contributed by atoms with Gasteiger partial charge in [0.15, 0.2) is 0 Å². The largest absolute Gasteiger partial charge is 0.120 e. The van der Waals surface area contributed by atoms with Crippen LogP contribution in [-0.4, -0.2) is 0 Å². The molecular weight excluding hydrogens is 216 g/mol. The lowest BCUT2D eigenvalue weighted by molar-refractivity contribution is 1.26. The lowest BCUT2D eigenvalue weighted by Crippen LogP contribution is -1.86. The van der Waals surface area contributed by atoms with Crippen LogP contribution >= 0.6 is 0 Å². The molecule has 0 bridgehead atoms. The normalized spacial score (nSPS) is 11.7. The second-order valence-electron chi connectivity index (χ2n) is 4.63. The fraction of sp³-hybridized carbons (Fsp3) is 0.111. The first-order valence-corrected chi connectivity index (χ1v) is 6.15. The third-order valence-corrected chi connectivity index (χ3v) is 3.48. The van der Waals surface area contributed by atoms with Crippen LogP contribution in [0.25, 0.3) is 16.7 Å². The highest BCUT2D eigenvalue weighted by molar-refractivity contribution is 6.02. The van der Waals surface area contributed by atoms with Gasteiger partial charge in [0, 0.05) is 6.42 Å². The molecule has 1 aliphatic rings. The fourth-order valence-corrected chi connectivity index (χ4v) is 2.72. The third kappa shape index (κ3) is 1.49. The summed E-state index contributed by atoms with van der Waals surface area (Å²) in [6, 6.07) is 17.1. The fourth-order valence-electron chi connectivity index (χ4n) is 2.72. The molecule has 0 saturated heterocycles. The van der Waals surface area contributed by atoms with E-state index in [9.17, 15) is 0 Å². The Bertz CT molecular complexity index is 634. The molecule has 0 spiro atoms. The SMILES string of the molecule is C#CCC(C)=C1c2ccccc2-c2ccccc21. The van der Waals surface area contributed by atoms with Gasteiger partial charge >= 0.3 is 0 Å². The summed E-state index contributed by atoms with van der Waals surface area (Å²) >= 11 is 0. The van der Waals surface area contributed by atoms with Crippen molar-refractivity contribution in [2.45, 2.75) is 13.3 Å². The van der Waals surface area contributed by atoms with Crippen LogP contribution in [0.5, 0.6) is 0 Å². The van der Waals surface area contributed by atoms with Crippen molar-refractivity contribution in [1.82, 2.24) is 0 Å². The Kier molecular flexibility index (Phi) is 2.54. The van der Waals surface area contributed by atoms with Gasteiger partial charge in [0.1, 0.15) is 0 Å². The maximum Gasteiger partial charge on any atom is 0.0303 e. The summed E-state index contributed by atoms with van der Waals surface area (Å²) in [5.41, 5.74) is 7.85. The number of allylic oxidation sites excluding steroid dienone is 1. The minimum Gasteiger partial charge on any atom is -0.120 e. The number of hydrogen-bond acceptors (Lipinski definition) is 0. The van der Waals surface area contributed by atoms with Crippen LogP contribution in [-0.2, 0) is 0 Å². The van der Waals surface area contributed by atoms with Gasteiger partial charge in [-0.15, -0.1) is 12.3 Å². The highest BCUT2D eigenvalue weighted by atomic mass is 14.3. The lowest BCUT2D eigenvalue weighted by Gasteiger charge is -2.06. The highest BCUT2D eigenvalue weighted by Crippen LogP contribution is 2.45. The maximum absolute atomic E-state index is 5.45. The zero-order valence-corrected chi connectivity index (χ0v) is 10.4. The standard InChI is InChI=1S/C18H14/c1-3-8-13(2)18-16-11-6-4-9-14(16)15-10-5-7-12-17(15)18/h1,4-7,9-12H,8H2,2H3. The Morgan fingerprint density at radius 2 is 1.33 bits per heavy atom. The molecule has 0 aliphatic heterocycles. The van der Waals surface area contributed by atoms with Crippen molar-refractivity contribution in [2.75, 3.05) is 0 Å². The van der Waals surface area contributed by atoms with Gasteiger partial charge in [-0.2, -0.15) is 0 Å². The van der Waals surface area contributed by atoms with E-state index in [2.05, 4.69) is 61.4 Å². The van der Waals surface area contributed by atoms with E-state index in [0.29, 0.717) is 6.42 Å². The Balaban J connectivity index is 2.35. The van der Waals surface area contributed by atoms with Gasteiger partial charge in [0.2, 0.25) is 0 Å². The van der Waals surface area contributed by atoms with Crippen LogP contribution in [0.15, 0.2) is 54.1 Å². The van der Waals surface area contributed by atoms with Crippen molar-refractivity contribution in [3.63, 3.8) is 0 Å². The van der Waals surface area contributed by atoms with Gasteiger partial charge in [-0.25, -0.2) is 0 Å². The summed E-state index contributed by atoms with van der Waals surface area (Å²) in [5, 5.41) is 0. The van der Waals surface area contributed by atoms with Crippen molar-refractivity contribution in [3.8, 4) is 23.5 Å². The Morgan fingerprint density at radius 3 is 1.78 bits per heavy atom. The maximum atomic E-state index is 5.45. The van der Waals surface area contributed by atoms with E-state index >= 15 is 0 Å².